The number of fused-ring (bicyclic) bond motifs is 1. The zero-order valence-electron chi connectivity index (χ0n) is 49.8. The maximum Gasteiger partial charge on any atom is 0.237 e. The molecule has 17 nitrogen and oxygen atoms in total. The van der Waals surface area contributed by atoms with Gasteiger partial charge in [0.25, 0.3) is 0 Å². The predicted molar refractivity (Wildman–Crippen MR) is 311 cm³/mol. The maximum atomic E-state index is 14.2. The minimum Gasteiger partial charge on any atom is -0.361 e. The molecule has 1 heterocycles. The Labute approximate surface area is 467 Å². The van der Waals surface area contributed by atoms with Crippen LogP contribution in [-0.4, -0.2) is 113 Å². The number of ketones is 7. The van der Waals surface area contributed by atoms with Gasteiger partial charge in [-0.05, 0) is 106 Å². The van der Waals surface area contributed by atoms with Crippen molar-refractivity contribution in [2.45, 2.75) is 247 Å². The molecule has 1 amide bonds. The molecule has 440 valence electrons. The van der Waals surface area contributed by atoms with Gasteiger partial charge in [0.2, 0.25) is 29.0 Å². The first kappa shape index (κ1) is 67.9. The van der Waals surface area contributed by atoms with Gasteiger partial charge in [0.1, 0.15) is 5.78 Å². The molecule has 1 aromatic heterocycles. The van der Waals surface area contributed by atoms with Crippen molar-refractivity contribution >= 4 is 57.3 Å². The van der Waals surface area contributed by atoms with Gasteiger partial charge in [-0.3, -0.25) is 49.0 Å². The summed E-state index contributed by atoms with van der Waals surface area (Å²) in [7, 11) is 0. The predicted octanol–water partition coefficient (Wildman–Crippen LogP) is 7.64. The molecule has 1 aliphatic rings. The minimum atomic E-state index is -1.03. The lowest BCUT2D eigenvalue weighted by molar-refractivity contribution is -0.140. The smallest absolute Gasteiger partial charge is 0.237 e. The number of hydrogen-bond acceptors (Lipinski definition) is 15. The van der Waals surface area contributed by atoms with E-state index in [1.54, 1.807) is 6.92 Å². The lowest BCUT2D eigenvalue weighted by atomic mass is 9.92. The van der Waals surface area contributed by atoms with Gasteiger partial charge in [0, 0.05) is 29.8 Å². The molecule has 1 aliphatic carbocycles. The molecular formula is C61H103N9O8. The lowest BCUT2D eigenvalue weighted by Crippen LogP contribution is -2.58. The highest BCUT2D eigenvalue weighted by molar-refractivity contribution is 6.41. The number of H-pyrrole nitrogens is 1. The monoisotopic (exact) mass is 1090 g/mol. The fraction of sp³-hybridized carbons (Fsp3) is 0.738. The van der Waals surface area contributed by atoms with Crippen LogP contribution in [0.5, 0.6) is 0 Å². The maximum absolute atomic E-state index is 14.2. The average molecular weight is 1090 g/mol. The molecule has 0 saturated heterocycles. The van der Waals surface area contributed by atoms with Gasteiger partial charge >= 0.3 is 0 Å². The first-order chi connectivity index (χ1) is 37.0. The van der Waals surface area contributed by atoms with E-state index in [2.05, 4.69) is 61.8 Å². The Morgan fingerprint density at radius 3 is 1.58 bits per heavy atom. The van der Waals surface area contributed by atoms with Crippen molar-refractivity contribution in [1.29, 1.82) is 0 Å². The van der Waals surface area contributed by atoms with Crippen molar-refractivity contribution in [2.24, 2.45) is 29.6 Å². The number of hydrogen-bond donors (Lipinski definition) is 9. The Hall–Kier alpha value is -4.36. The SMILES string of the molecule is CC(=O)[C@H](Cc1c[nH]c2ccccc12)NNCC(=O)C(=O)[C@H](CC(C)C)NN[C@@H](CC(C)C)C(=O)C(=O)[C@H](CC(C)C)NCN[C@@H](C)C(=O)CC(=O)[C@H](CC(C)C)NC(=O)[C@H](CC(C)C)NC1CCCCCCCCCCC1. The Bertz CT molecular complexity index is 2180. The van der Waals surface area contributed by atoms with Gasteiger partial charge in [-0.25, -0.2) is 21.7 Å². The second-order valence-electron chi connectivity index (χ2n) is 24.5. The second-order valence-corrected chi connectivity index (χ2v) is 24.5. The highest BCUT2D eigenvalue weighted by atomic mass is 16.2. The molecule has 1 aromatic carbocycles. The minimum absolute atomic E-state index is 0.00970. The molecule has 2 aromatic rings. The molecule has 78 heavy (non-hydrogen) atoms. The standard InChI is InChI=1S/C61H103N9O8/c1-38(2)28-50(67-61(78)54(32-42(9)10)66-46-24-20-18-16-14-13-15-17-19-21-25-46)56(73)34-55(72)43(11)63-37-64-51(29-39(3)4)59(76)60(77)53(31-41(7)8)70-69-52(30-40(5)6)58(75)57(74)36-65-68-49(44(12)71)33-45-35-62-48-27-23-22-26-47(45)48/h22-23,26-27,35,38-43,46,49-54,62-66,68-70H,13-21,24-25,28-34,36-37H2,1-12H3,(H,67,78)/t43-,49-,50-,51-,52-,53-,54-/m0/s1. The van der Waals surface area contributed by atoms with Crippen molar-refractivity contribution in [3.63, 3.8) is 0 Å². The molecule has 0 spiro atoms. The number of carbonyl (C=O) groups is 8. The van der Waals surface area contributed by atoms with Crippen molar-refractivity contribution < 1.29 is 38.4 Å². The highest BCUT2D eigenvalue weighted by Gasteiger charge is 2.35. The lowest BCUT2D eigenvalue weighted by Gasteiger charge is -2.29. The summed E-state index contributed by atoms with van der Waals surface area (Å²) < 4.78 is 0. The highest BCUT2D eigenvalue weighted by Crippen LogP contribution is 2.21. The van der Waals surface area contributed by atoms with E-state index in [1.807, 2.05) is 85.9 Å². The Balaban J connectivity index is 1.62. The van der Waals surface area contributed by atoms with Crippen molar-refractivity contribution in [3.8, 4) is 0 Å². The fourth-order valence-corrected chi connectivity index (χ4v) is 10.3. The molecule has 1 saturated carbocycles. The summed E-state index contributed by atoms with van der Waals surface area (Å²) in [6.45, 7) is 22.4. The topological polar surface area (TPSA) is 249 Å². The number of carbonyl (C=O) groups excluding carboxylic acids is 8. The number of benzene rings is 1. The first-order valence-electron chi connectivity index (χ1n) is 29.8. The number of nitrogens with one attached hydrogen (secondary N) is 9. The van der Waals surface area contributed by atoms with E-state index in [0.717, 1.165) is 42.1 Å². The van der Waals surface area contributed by atoms with E-state index in [9.17, 15) is 38.4 Å². The Morgan fingerprint density at radius 2 is 1.03 bits per heavy atom. The van der Waals surface area contributed by atoms with Crippen molar-refractivity contribution in [1.82, 2.24) is 48.0 Å². The molecule has 17 heteroatoms. The Kier molecular flexibility index (Phi) is 31.4. The van der Waals surface area contributed by atoms with Crippen molar-refractivity contribution in [2.75, 3.05) is 13.2 Å². The number of rotatable bonds is 37. The number of aromatic nitrogens is 1. The zero-order chi connectivity index (χ0) is 57.9. The number of para-hydroxylation sites is 1. The summed E-state index contributed by atoms with van der Waals surface area (Å²) >= 11 is 0. The summed E-state index contributed by atoms with van der Waals surface area (Å²) in [4.78, 5) is 113. The van der Waals surface area contributed by atoms with Crippen LogP contribution in [0.2, 0.25) is 0 Å². The quantitative estimate of drug-likeness (QED) is 0.0137. The van der Waals surface area contributed by atoms with Crippen LogP contribution in [0.1, 0.15) is 198 Å². The molecular weight excluding hydrogens is 987 g/mol. The molecule has 9 N–H and O–H groups in total. The summed E-state index contributed by atoms with van der Waals surface area (Å²) in [5.74, 6) is -3.60. The van der Waals surface area contributed by atoms with Crippen LogP contribution < -0.4 is 43.0 Å². The summed E-state index contributed by atoms with van der Waals surface area (Å²) in [6.07, 6.45) is 16.7. The third-order valence-corrected chi connectivity index (χ3v) is 14.7. The summed E-state index contributed by atoms with van der Waals surface area (Å²) in [5, 5.41) is 14.0. The summed E-state index contributed by atoms with van der Waals surface area (Å²) in [5.41, 5.74) is 13.5. The van der Waals surface area contributed by atoms with E-state index in [1.165, 1.54) is 51.9 Å². The van der Waals surface area contributed by atoms with Crippen LogP contribution in [0.3, 0.4) is 0 Å². The second kappa shape index (κ2) is 36.1. The summed E-state index contributed by atoms with van der Waals surface area (Å²) in [6, 6.07) is 2.27. The molecule has 0 aliphatic heterocycles. The molecule has 1 fully saturated rings. The van der Waals surface area contributed by atoms with E-state index in [0.29, 0.717) is 25.7 Å². The van der Waals surface area contributed by atoms with Gasteiger partial charge in [-0.2, -0.15) is 0 Å². The first-order valence-corrected chi connectivity index (χ1v) is 29.8. The van der Waals surface area contributed by atoms with E-state index >= 15 is 0 Å². The molecule has 0 bridgehead atoms. The third-order valence-electron chi connectivity index (χ3n) is 14.7. The third kappa shape index (κ3) is 25.4. The van der Waals surface area contributed by atoms with E-state index < -0.39 is 65.4 Å². The van der Waals surface area contributed by atoms with Crippen LogP contribution in [0.4, 0.5) is 0 Å². The van der Waals surface area contributed by atoms with Gasteiger partial charge in [0.05, 0.1) is 55.3 Å². The number of amides is 1. The van der Waals surface area contributed by atoms with Gasteiger partial charge in [0.15, 0.2) is 11.6 Å². The van der Waals surface area contributed by atoms with Crippen LogP contribution >= 0.6 is 0 Å². The normalized spacial score (nSPS) is 17.0. The van der Waals surface area contributed by atoms with Crippen LogP contribution in [0.25, 0.3) is 10.9 Å². The molecule has 3 rings (SSSR count). The largest absolute Gasteiger partial charge is 0.361 e. The number of Topliss-reactive ketones (excluding diaryl/α,β-unsaturated/α-hetero) is 7. The van der Waals surface area contributed by atoms with Crippen LogP contribution in [0, 0.1) is 29.6 Å². The van der Waals surface area contributed by atoms with Crippen LogP contribution in [0.15, 0.2) is 30.5 Å². The Morgan fingerprint density at radius 1 is 0.538 bits per heavy atom. The van der Waals surface area contributed by atoms with Gasteiger partial charge in [-0.15, -0.1) is 0 Å². The number of aromatic amines is 1. The molecule has 0 unspecified atom stereocenters. The fourth-order valence-electron chi connectivity index (χ4n) is 10.3. The van der Waals surface area contributed by atoms with Crippen molar-refractivity contribution in [3.05, 3.63) is 36.0 Å². The molecule has 7 atom stereocenters. The van der Waals surface area contributed by atoms with E-state index in [4.69, 9.17) is 0 Å². The number of hydrazine groups is 2. The van der Waals surface area contributed by atoms with Crippen LogP contribution in [-0.2, 0) is 44.8 Å². The van der Waals surface area contributed by atoms with Gasteiger partial charge in [-0.1, -0.05) is 145 Å². The molecule has 0 radical (unpaired) electrons. The average Bonchev–Trinajstić information content (AvgIpc) is 3.77. The van der Waals surface area contributed by atoms with E-state index in [-0.39, 0.29) is 91.4 Å². The zero-order valence-corrected chi connectivity index (χ0v) is 49.8. The van der Waals surface area contributed by atoms with Gasteiger partial charge < -0.3 is 15.6 Å².